The van der Waals surface area contributed by atoms with E-state index in [1.165, 1.54) is 6.07 Å². The Kier molecular flexibility index (Phi) is 5.35. The lowest BCUT2D eigenvalue weighted by Crippen LogP contribution is -2.74. The van der Waals surface area contributed by atoms with E-state index in [2.05, 4.69) is 5.32 Å². The molecule has 0 saturated heterocycles. The number of carbonyl (C=O) groups excluding carboxylic acids is 6. The molecule has 11 heteroatoms. The number of anilines is 1. The molecule has 2 amide bonds. The fourth-order valence-corrected chi connectivity index (χ4v) is 5.81. The summed E-state index contributed by atoms with van der Waals surface area (Å²) in [4.78, 5) is 78.7. The van der Waals surface area contributed by atoms with Gasteiger partial charge in [-0.15, -0.1) is 0 Å². The van der Waals surface area contributed by atoms with Gasteiger partial charge in [-0.25, -0.2) is 0 Å². The van der Waals surface area contributed by atoms with E-state index in [0.29, 0.717) is 11.3 Å². The summed E-state index contributed by atoms with van der Waals surface area (Å²) in [5.74, 6) is -12.3. The number of aliphatic hydroxyl groups is 1. The smallest absolute Gasteiger partial charge is 0.235 e. The Morgan fingerprint density at radius 2 is 1.79 bits per heavy atom. The third-order valence-electron chi connectivity index (χ3n) is 7.24. The van der Waals surface area contributed by atoms with Gasteiger partial charge in [0.1, 0.15) is 5.75 Å². The number of nitrogens with one attached hydrogen (secondary N) is 1. The van der Waals surface area contributed by atoms with Gasteiger partial charge in [0.25, 0.3) is 0 Å². The predicted octanol–water partition coefficient (Wildman–Crippen LogP) is -1.49. The van der Waals surface area contributed by atoms with Crippen LogP contribution in [-0.2, 0) is 30.4 Å². The van der Waals surface area contributed by atoms with E-state index in [1.54, 1.807) is 25.1 Å². The zero-order valence-electron chi connectivity index (χ0n) is 18.8. The van der Waals surface area contributed by atoms with E-state index >= 15 is 0 Å². The molecule has 0 aromatic heterocycles. The highest BCUT2D eigenvalue weighted by atomic mass is 16.3. The number of benzene rings is 1. The molecule has 2 saturated carbocycles. The highest BCUT2D eigenvalue weighted by molar-refractivity contribution is 6.32. The second kappa shape index (κ2) is 7.73. The van der Waals surface area contributed by atoms with Crippen molar-refractivity contribution in [2.45, 2.75) is 31.4 Å². The van der Waals surface area contributed by atoms with E-state index in [-0.39, 0.29) is 24.2 Å². The Labute approximate surface area is 194 Å². The number of hydrogen-bond donors (Lipinski definition) is 4. The van der Waals surface area contributed by atoms with Gasteiger partial charge < -0.3 is 26.2 Å². The van der Waals surface area contributed by atoms with E-state index in [1.807, 2.05) is 0 Å². The zero-order valence-corrected chi connectivity index (χ0v) is 18.8. The van der Waals surface area contributed by atoms with Crippen LogP contribution in [0.5, 0.6) is 5.75 Å². The lowest BCUT2D eigenvalue weighted by atomic mass is 9.52. The monoisotopic (exact) mass is 471 g/mol. The minimum Gasteiger partial charge on any atom is -0.507 e. The molecule has 0 radical (unpaired) electrons. The molecule has 3 aliphatic rings. The van der Waals surface area contributed by atoms with Crippen LogP contribution in [0.15, 0.2) is 12.1 Å². The van der Waals surface area contributed by atoms with Crippen LogP contribution in [0, 0.1) is 23.7 Å². The molecule has 5 N–H and O–H groups in total. The van der Waals surface area contributed by atoms with E-state index in [4.69, 9.17) is 5.73 Å². The van der Waals surface area contributed by atoms with Crippen LogP contribution < -0.4 is 16.0 Å². The molecule has 180 valence electrons. The van der Waals surface area contributed by atoms with Crippen molar-refractivity contribution in [3.05, 3.63) is 23.3 Å². The molecule has 0 spiro atoms. The van der Waals surface area contributed by atoms with E-state index in [0.717, 1.165) is 6.92 Å². The molecule has 0 aliphatic heterocycles. The third-order valence-corrected chi connectivity index (χ3v) is 7.24. The van der Waals surface area contributed by atoms with Crippen molar-refractivity contribution in [3.63, 3.8) is 0 Å². The van der Waals surface area contributed by atoms with Gasteiger partial charge in [0.15, 0.2) is 34.7 Å². The molecular formula is C23H25N3O8. The topological polar surface area (TPSA) is 184 Å². The first-order chi connectivity index (χ1) is 15.8. The molecular weight excluding hydrogens is 446 g/mol. The molecule has 1 aromatic carbocycles. The van der Waals surface area contributed by atoms with Crippen molar-refractivity contribution >= 4 is 40.6 Å². The van der Waals surface area contributed by atoms with Gasteiger partial charge >= 0.3 is 0 Å². The van der Waals surface area contributed by atoms with Crippen LogP contribution in [0.4, 0.5) is 5.69 Å². The molecule has 6 atom stereocenters. The first-order valence-electron chi connectivity index (χ1n) is 10.8. The number of ketones is 4. The minimum absolute atomic E-state index is 0.0629. The summed E-state index contributed by atoms with van der Waals surface area (Å²) in [6, 6.07) is 1.45. The normalized spacial score (nSPS) is 32.4. The summed E-state index contributed by atoms with van der Waals surface area (Å²) in [6.07, 6.45) is 0.0227. The molecule has 3 aliphatic carbocycles. The highest BCUT2D eigenvalue weighted by Crippen LogP contribution is 2.51. The molecule has 11 nitrogen and oxygen atoms in total. The van der Waals surface area contributed by atoms with Crippen molar-refractivity contribution in [1.82, 2.24) is 5.32 Å². The number of primary amides is 1. The van der Waals surface area contributed by atoms with Crippen LogP contribution in [0.1, 0.15) is 29.3 Å². The Bertz CT molecular complexity index is 1170. The first kappa shape index (κ1) is 23.6. The number of nitrogens with two attached hydrogens (primary N) is 1. The number of aromatic hydroxyl groups is 1. The minimum atomic E-state index is -2.87. The third kappa shape index (κ3) is 3.07. The number of Topliss-reactive ketones (excluding diaryl/α,β-unsaturated/α-hetero) is 4. The van der Waals surface area contributed by atoms with Gasteiger partial charge in [-0.1, -0.05) is 0 Å². The number of rotatable bonds is 3. The van der Waals surface area contributed by atoms with Crippen molar-refractivity contribution in [1.29, 1.82) is 0 Å². The number of phenols is 1. The number of nitrogens with zero attached hydrogens (tertiary/aromatic N) is 1. The van der Waals surface area contributed by atoms with Gasteiger partial charge in [-0.05, 0) is 36.5 Å². The maximum absolute atomic E-state index is 13.6. The summed E-state index contributed by atoms with van der Waals surface area (Å²) < 4.78 is 0. The number of hydrogen-bond acceptors (Lipinski definition) is 9. The summed E-state index contributed by atoms with van der Waals surface area (Å²) in [7, 11) is 3.51. The van der Waals surface area contributed by atoms with Crippen molar-refractivity contribution in [2.24, 2.45) is 29.4 Å². The van der Waals surface area contributed by atoms with Gasteiger partial charge in [0.2, 0.25) is 11.8 Å². The summed E-state index contributed by atoms with van der Waals surface area (Å²) >= 11 is 0. The lowest BCUT2D eigenvalue weighted by Gasteiger charge is -2.51. The maximum Gasteiger partial charge on any atom is 0.235 e. The van der Waals surface area contributed by atoms with Crippen molar-refractivity contribution in [2.75, 3.05) is 19.0 Å². The second-order valence-corrected chi connectivity index (χ2v) is 9.41. The first-order valence-corrected chi connectivity index (χ1v) is 10.8. The second-order valence-electron chi connectivity index (χ2n) is 9.41. The van der Waals surface area contributed by atoms with Crippen LogP contribution in [0.2, 0.25) is 0 Å². The van der Waals surface area contributed by atoms with Gasteiger partial charge in [-0.2, -0.15) is 0 Å². The standard InChI is InChI=1S/C23H25N3O8/c1-8(27)25-17-11-7-9-6-10-12(26(2)3)4-5-13(28)15(10)18(29)14(9)20(31)23(11,34)21(32)16(19(17)30)22(24)33/h4-5,9,11,14,16-17,28,34H,6-7H2,1-3H3,(H2,24,33)(H,25,27)/t9-,11-,14?,16?,17?,23-/m0/s1. The molecule has 34 heavy (non-hydrogen) atoms. The Hall–Kier alpha value is -3.60. The number of amides is 2. The molecule has 2 fully saturated rings. The van der Waals surface area contributed by atoms with Gasteiger partial charge in [-0.3, -0.25) is 28.8 Å². The fourth-order valence-electron chi connectivity index (χ4n) is 5.81. The molecule has 3 unspecified atom stereocenters. The van der Waals surface area contributed by atoms with Gasteiger partial charge in [0, 0.05) is 32.6 Å². The summed E-state index contributed by atoms with van der Waals surface area (Å²) in [5, 5.41) is 24.2. The maximum atomic E-state index is 13.6. The van der Waals surface area contributed by atoms with Crippen LogP contribution in [-0.4, -0.2) is 70.9 Å². The Morgan fingerprint density at radius 3 is 2.35 bits per heavy atom. The molecule has 0 bridgehead atoms. The van der Waals surface area contributed by atoms with E-state index < -0.39 is 70.3 Å². The highest BCUT2D eigenvalue weighted by Gasteiger charge is 2.69. The summed E-state index contributed by atoms with van der Waals surface area (Å²) in [6.45, 7) is 1.11. The van der Waals surface area contributed by atoms with E-state index in [9.17, 15) is 39.0 Å². The average Bonchev–Trinajstić information content (AvgIpc) is 2.73. The molecule has 4 rings (SSSR count). The fraction of sp³-hybridized carbons (Fsp3) is 0.478. The molecule has 1 aromatic rings. The van der Waals surface area contributed by atoms with Crippen molar-refractivity contribution < 1.29 is 39.0 Å². The Morgan fingerprint density at radius 1 is 1.15 bits per heavy atom. The number of phenolic OH excluding ortho intramolecular Hbond substituents is 1. The SMILES string of the molecule is CC(=O)NC1C(=O)C(C(N)=O)C(=O)[C@@]2(O)C(=O)C3C(=O)c4c(O)ccc(N(C)C)c4C[C@H]3C[C@@H]12. The predicted molar refractivity (Wildman–Crippen MR) is 116 cm³/mol. The molecule has 0 heterocycles. The van der Waals surface area contributed by atoms with Crippen LogP contribution in [0.25, 0.3) is 0 Å². The number of carbonyl (C=O) groups is 6. The van der Waals surface area contributed by atoms with Crippen molar-refractivity contribution in [3.8, 4) is 5.75 Å². The lowest BCUT2D eigenvalue weighted by molar-refractivity contribution is -0.178. The zero-order chi connectivity index (χ0) is 25.3. The Balaban J connectivity index is 1.88. The quantitative estimate of drug-likeness (QED) is 0.381. The van der Waals surface area contributed by atoms with Crippen LogP contribution in [0.3, 0.4) is 0 Å². The van der Waals surface area contributed by atoms with Crippen LogP contribution >= 0.6 is 0 Å². The number of fused-ring (bicyclic) bond motifs is 3. The largest absolute Gasteiger partial charge is 0.507 e. The average molecular weight is 471 g/mol. The van der Waals surface area contributed by atoms with Gasteiger partial charge in [0.05, 0.1) is 17.5 Å². The summed E-state index contributed by atoms with van der Waals surface area (Å²) in [5.41, 5.74) is 3.46.